The summed E-state index contributed by atoms with van der Waals surface area (Å²) in [6, 6.07) is -0.861. The van der Waals surface area contributed by atoms with Crippen molar-refractivity contribution in [2.24, 2.45) is 0 Å². The Labute approximate surface area is 71.0 Å². The van der Waals surface area contributed by atoms with E-state index in [0.717, 1.165) is 0 Å². The molecule has 0 amide bonds. The molecule has 0 aliphatic rings. The molecule has 72 valence electrons. The Balaban J connectivity index is 4.42. The van der Waals surface area contributed by atoms with Crippen LogP contribution in [0.15, 0.2) is 0 Å². The molecule has 0 fully saturated rings. The minimum Gasteiger partial charge on any atom is -0.393 e. The lowest BCUT2D eigenvalue weighted by Gasteiger charge is -2.32. The molecule has 5 nitrogen and oxygen atoms in total. The molecule has 0 saturated carbocycles. The molecule has 0 aliphatic heterocycles. The highest BCUT2D eigenvalue weighted by Gasteiger charge is 2.35. The molecule has 0 aromatic carbocycles. The molecular weight excluding hydrogens is 162 g/mol. The van der Waals surface area contributed by atoms with Gasteiger partial charge in [0, 0.05) is 0 Å². The maximum atomic E-state index is 10.2. The van der Waals surface area contributed by atoms with Crippen molar-refractivity contribution >= 4 is 6.29 Å². The standard InChI is InChI=1S/C7H15NO4/c1-7(12,4-10)6(8-2)5(11)3-9/h3,5-6,8,10-12H,4H2,1-2H3/t5-,6+,7-/m0/s1. The van der Waals surface area contributed by atoms with Gasteiger partial charge >= 0.3 is 0 Å². The van der Waals surface area contributed by atoms with Gasteiger partial charge in [-0.25, -0.2) is 0 Å². The maximum Gasteiger partial charge on any atom is 0.150 e. The molecule has 0 bridgehead atoms. The van der Waals surface area contributed by atoms with E-state index in [1.807, 2.05) is 0 Å². The molecule has 0 saturated heterocycles. The number of likely N-dealkylation sites (N-methyl/N-ethyl adjacent to an activating group) is 1. The highest BCUT2D eigenvalue weighted by molar-refractivity contribution is 5.57. The summed E-state index contributed by atoms with van der Waals surface area (Å²) in [6.45, 7) is 0.810. The minimum absolute atomic E-state index is 0.311. The Morgan fingerprint density at radius 1 is 1.67 bits per heavy atom. The topological polar surface area (TPSA) is 89.8 Å². The molecule has 3 atom stereocenters. The van der Waals surface area contributed by atoms with Crippen molar-refractivity contribution in [3.8, 4) is 0 Å². The zero-order valence-electron chi connectivity index (χ0n) is 7.19. The van der Waals surface area contributed by atoms with Crippen LogP contribution in [0.1, 0.15) is 6.92 Å². The summed E-state index contributed by atoms with van der Waals surface area (Å²) in [5.74, 6) is 0. The van der Waals surface area contributed by atoms with Gasteiger partial charge in [0.15, 0.2) is 0 Å². The summed E-state index contributed by atoms with van der Waals surface area (Å²) in [4.78, 5) is 10.2. The summed E-state index contributed by atoms with van der Waals surface area (Å²) < 4.78 is 0. The highest BCUT2D eigenvalue weighted by atomic mass is 16.3. The lowest BCUT2D eigenvalue weighted by atomic mass is 9.93. The summed E-state index contributed by atoms with van der Waals surface area (Å²) >= 11 is 0. The van der Waals surface area contributed by atoms with Gasteiger partial charge in [-0.05, 0) is 14.0 Å². The first-order chi connectivity index (χ1) is 5.49. The molecule has 0 aromatic rings. The second-order valence-corrected chi connectivity index (χ2v) is 2.91. The minimum atomic E-state index is -1.50. The van der Waals surface area contributed by atoms with Crippen molar-refractivity contribution in [1.29, 1.82) is 0 Å². The van der Waals surface area contributed by atoms with Gasteiger partial charge in [-0.2, -0.15) is 0 Å². The second-order valence-electron chi connectivity index (χ2n) is 2.91. The number of carbonyl (C=O) groups is 1. The van der Waals surface area contributed by atoms with Crippen LogP contribution in [0.4, 0.5) is 0 Å². The highest BCUT2D eigenvalue weighted by Crippen LogP contribution is 2.11. The molecule has 12 heavy (non-hydrogen) atoms. The predicted octanol–water partition coefficient (Wildman–Crippen LogP) is -2.12. The third-order valence-electron chi connectivity index (χ3n) is 1.78. The Kier molecular flexibility index (Phi) is 4.33. The number of hydrogen-bond acceptors (Lipinski definition) is 5. The molecular formula is C7H15NO4. The Morgan fingerprint density at radius 3 is 2.42 bits per heavy atom. The SMILES string of the molecule is CN[C@H]([C@@H](O)C=O)[C@@](C)(O)CO. The van der Waals surface area contributed by atoms with Crippen molar-refractivity contribution in [3.63, 3.8) is 0 Å². The number of hydrogen-bond donors (Lipinski definition) is 4. The van der Waals surface area contributed by atoms with Crippen LogP contribution in [0.25, 0.3) is 0 Å². The third-order valence-corrected chi connectivity index (χ3v) is 1.78. The second kappa shape index (κ2) is 4.51. The van der Waals surface area contributed by atoms with E-state index in [4.69, 9.17) is 10.2 Å². The van der Waals surface area contributed by atoms with Gasteiger partial charge in [0.1, 0.15) is 18.0 Å². The first kappa shape index (κ1) is 11.5. The van der Waals surface area contributed by atoms with Crippen molar-refractivity contribution in [1.82, 2.24) is 5.32 Å². The van der Waals surface area contributed by atoms with Crippen LogP contribution in [-0.2, 0) is 4.79 Å². The van der Waals surface area contributed by atoms with Gasteiger partial charge < -0.3 is 25.4 Å². The largest absolute Gasteiger partial charge is 0.393 e. The maximum absolute atomic E-state index is 10.2. The van der Waals surface area contributed by atoms with Gasteiger partial charge in [-0.1, -0.05) is 0 Å². The molecule has 0 spiro atoms. The number of aliphatic hydroxyl groups excluding tert-OH is 2. The first-order valence-electron chi connectivity index (χ1n) is 3.63. The lowest BCUT2D eigenvalue weighted by Crippen LogP contribution is -2.56. The van der Waals surface area contributed by atoms with Crippen LogP contribution in [0, 0.1) is 0 Å². The number of aldehydes is 1. The zero-order valence-corrected chi connectivity index (χ0v) is 7.19. The molecule has 0 aliphatic carbocycles. The van der Waals surface area contributed by atoms with Crippen molar-refractivity contribution in [3.05, 3.63) is 0 Å². The normalized spacial score (nSPS) is 21.1. The van der Waals surface area contributed by atoms with Crippen LogP contribution in [0.5, 0.6) is 0 Å². The van der Waals surface area contributed by atoms with Crippen molar-refractivity contribution < 1.29 is 20.1 Å². The van der Waals surface area contributed by atoms with E-state index >= 15 is 0 Å². The van der Waals surface area contributed by atoms with Gasteiger partial charge in [0.25, 0.3) is 0 Å². The Hall–Kier alpha value is -0.490. The Bertz CT molecular complexity index is 148. The Morgan fingerprint density at radius 2 is 2.17 bits per heavy atom. The average Bonchev–Trinajstić information content (AvgIpc) is 2.05. The molecule has 0 unspecified atom stereocenters. The third kappa shape index (κ3) is 2.53. The van der Waals surface area contributed by atoms with Crippen molar-refractivity contribution in [2.75, 3.05) is 13.7 Å². The molecule has 0 radical (unpaired) electrons. The van der Waals surface area contributed by atoms with Crippen LogP contribution in [0.2, 0.25) is 0 Å². The van der Waals surface area contributed by atoms with E-state index in [-0.39, 0.29) is 0 Å². The molecule has 0 heterocycles. The van der Waals surface area contributed by atoms with E-state index in [9.17, 15) is 9.90 Å². The van der Waals surface area contributed by atoms with Crippen molar-refractivity contribution in [2.45, 2.75) is 24.7 Å². The summed E-state index contributed by atoms with van der Waals surface area (Å²) in [7, 11) is 1.49. The lowest BCUT2D eigenvalue weighted by molar-refractivity contribution is -0.123. The fraction of sp³-hybridized carbons (Fsp3) is 0.857. The van der Waals surface area contributed by atoms with E-state index in [2.05, 4.69) is 5.32 Å². The van der Waals surface area contributed by atoms with E-state index in [1.165, 1.54) is 14.0 Å². The number of nitrogens with one attached hydrogen (secondary N) is 1. The zero-order chi connectivity index (χ0) is 9.78. The van der Waals surface area contributed by atoms with E-state index in [1.54, 1.807) is 0 Å². The number of rotatable bonds is 5. The molecule has 5 heteroatoms. The summed E-state index contributed by atoms with van der Waals surface area (Å²) in [5.41, 5.74) is -1.50. The quantitative estimate of drug-likeness (QED) is 0.360. The van der Waals surface area contributed by atoms with E-state index < -0.39 is 24.4 Å². The fourth-order valence-corrected chi connectivity index (χ4v) is 1.03. The van der Waals surface area contributed by atoms with Gasteiger partial charge in [-0.3, -0.25) is 0 Å². The predicted molar refractivity (Wildman–Crippen MR) is 42.6 cm³/mol. The fourth-order valence-electron chi connectivity index (χ4n) is 1.03. The molecule has 0 aromatic heterocycles. The monoisotopic (exact) mass is 177 g/mol. The first-order valence-corrected chi connectivity index (χ1v) is 3.63. The summed E-state index contributed by atoms with van der Waals surface area (Å²) in [5, 5.41) is 29.8. The van der Waals surface area contributed by atoms with Crippen LogP contribution in [0.3, 0.4) is 0 Å². The molecule has 4 N–H and O–H groups in total. The average molecular weight is 177 g/mol. The van der Waals surface area contributed by atoms with Crippen LogP contribution in [-0.4, -0.2) is 53.0 Å². The van der Waals surface area contributed by atoms with E-state index in [0.29, 0.717) is 6.29 Å². The van der Waals surface area contributed by atoms with Crippen LogP contribution >= 0.6 is 0 Å². The number of carbonyl (C=O) groups excluding carboxylic acids is 1. The van der Waals surface area contributed by atoms with Gasteiger partial charge in [0.05, 0.1) is 12.6 Å². The van der Waals surface area contributed by atoms with Gasteiger partial charge in [-0.15, -0.1) is 0 Å². The van der Waals surface area contributed by atoms with Crippen LogP contribution < -0.4 is 5.32 Å². The van der Waals surface area contributed by atoms with Gasteiger partial charge in [0.2, 0.25) is 0 Å². The number of aliphatic hydroxyl groups is 3. The smallest absolute Gasteiger partial charge is 0.150 e. The summed E-state index contributed by atoms with van der Waals surface area (Å²) in [6.07, 6.45) is -1.01. The molecule has 0 rings (SSSR count).